The smallest absolute Gasteiger partial charge is 0.277 e. The lowest BCUT2D eigenvalue weighted by atomic mass is 10.1. The summed E-state index contributed by atoms with van der Waals surface area (Å²) in [5, 5.41) is 10.5. The molecule has 0 aromatic carbocycles. The van der Waals surface area contributed by atoms with Crippen molar-refractivity contribution in [1.29, 1.82) is 0 Å². The topological polar surface area (TPSA) is 102 Å². The van der Waals surface area contributed by atoms with E-state index in [2.05, 4.69) is 15.5 Å². The predicted molar refractivity (Wildman–Crippen MR) is 78.9 cm³/mol. The van der Waals surface area contributed by atoms with Crippen LogP contribution < -0.4 is 5.32 Å². The van der Waals surface area contributed by atoms with Gasteiger partial charge in [0.25, 0.3) is 5.22 Å². The molecule has 9 heteroatoms. The molecule has 0 spiro atoms. The molecule has 7 nitrogen and oxygen atoms in total. The lowest BCUT2D eigenvalue weighted by Gasteiger charge is -2.12. The summed E-state index contributed by atoms with van der Waals surface area (Å²) in [6.45, 7) is 5.54. The Bertz CT molecular complexity index is 612. The Morgan fingerprint density at radius 3 is 2.67 bits per heavy atom. The minimum Gasteiger partial charge on any atom is -0.416 e. The SMILES string of the molecule is CC(C)NC(=O)[C@H](C)Sc1nnc([C@H]2CCS(=O)(=O)C2)o1. The summed E-state index contributed by atoms with van der Waals surface area (Å²) in [7, 11) is -2.98. The largest absolute Gasteiger partial charge is 0.416 e. The van der Waals surface area contributed by atoms with Gasteiger partial charge in [0.15, 0.2) is 9.84 Å². The Kier molecular flexibility index (Phi) is 4.92. The van der Waals surface area contributed by atoms with Crippen molar-refractivity contribution in [3.8, 4) is 0 Å². The highest BCUT2D eigenvalue weighted by Gasteiger charge is 2.33. The Morgan fingerprint density at radius 2 is 2.10 bits per heavy atom. The average molecular weight is 333 g/mol. The second-order valence-corrected chi connectivity index (χ2v) is 8.95. The summed E-state index contributed by atoms with van der Waals surface area (Å²) >= 11 is 1.17. The molecular formula is C12H19N3O4S2. The van der Waals surface area contributed by atoms with Crippen molar-refractivity contribution in [3.05, 3.63) is 5.89 Å². The maximum absolute atomic E-state index is 11.8. The first-order chi connectivity index (χ1) is 9.77. The molecule has 2 rings (SSSR count). The molecule has 2 atom stereocenters. The number of aromatic nitrogens is 2. The summed E-state index contributed by atoms with van der Waals surface area (Å²) in [6.07, 6.45) is 0.512. The van der Waals surface area contributed by atoms with Gasteiger partial charge < -0.3 is 9.73 Å². The number of rotatable bonds is 5. The van der Waals surface area contributed by atoms with Crippen molar-refractivity contribution in [1.82, 2.24) is 15.5 Å². The molecule has 1 fully saturated rings. The van der Waals surface area contributed by atoms with E-state index in [-0.39, 0.29) is 34.6 Å². The lowest BCUT2D eigenvalue weighted by Crippen LogP contribution is -2.35. The Hall–Kier alpha value is -1.09. The average Bonchev–Trinajstić information content (AvgIpc) is 2.94. The predicted octanol–water partition coefficient (Wildman–Crippen LogP) is 0.977. The zero-order chi connectivity index (χ0) is 15.6. The second-order valence-electron chi connectivity index (χ2n) is 5.43. The van der Waals surface area contributed by atoms with Gasteiger partial charge in [0.05, 0.1) is 22.7 Å². The molecule has 1 aliphatic heterocycles. The zero-order valence-electron chi connectivity index (χ0n) is 12.2. The fraction of sp³-hybridized carbons (Fsp3) is 0.750. The molecule has 1 amide bonds. The van der Waals surface area contributed by atoms with Crippen LogP contribution in [0, 0.1) is 0 Å². The molecule has 2 heterocycles. The number of hydrogen-bond acceptors (Lipinski definition) is 7. The zero-order valence-corrected chi connectivity index (χ0v) is 13.8. The number of amides is 1. The van der Waals surface area contributed by atoms with Crippen LogP contribution in [0.5, 0.6) is 0 Å². The van der Waals surface area contributed by atoms with E-state index < -0.39 is 9.84 Å². The van der Waals surface area contributed by atoms with E-state index >= 15 is 0 Å². The number of carbonyl (C=O) groups is 1. The summed E-state index contributed by atoms with van der Waals surface area (Å²) in [6, 6.07) is 0.0718. The molecule has 0 unspecified atom stereocenters. The molecule has 1 saturated heterocycles. The Labute approximate surface area is 128 Å². The molecular weight excluding hydrogens is 314 g/mol. The number of nitrogens with one attached hydrogen (secondary N) is 1. The van der Waals surface area contributed by atoms with E-state index in [4.69, 9.17) is 4.42 Å². The molecule has 0 bridgehead atoms. The van der Waals surface area contributed by atoms with E-state index in [0.29, 0.717) is 17.5 Å². The minimum absolute atomic E-state index is 0.0582. The van der Waals surface area contributed by atoms with Crippen LogP contribution in [-0.4, -0.2) is 47.3 Å². The number of nitrogens with zero attached hydrogens (tertiary/aromatic N) is 2. The van der Waals surface area contributed by atoms with Crippen molar-refractivity contribution in [3.63, 3.8) is 0 Å². The quantitative estimate of drug-likeness (QED) is 0.801. The number of thioether (sulfide) groups is 1. The Morgan fingerprint density at radius 1 is 1.38 bits per heavy atom. The maximum Gasteiger partial charge on any atom is 0.277 e. The maximum atomic E-state index is 11.8. The molecule has 1 aliphatic rings. The summed E-state index contributed by atoms with van der Waals surface area (Å²) in [5.41, 5.74) is 0. The van der Waals surface area contributed by atoms with Gasteiger partial charge in [-0.3, -0.25) is 4.79 Å². The second kappa shape index (κ2) is 6.35. The van der Waals surface area contributed by atoms with Gasteiger partial charge in [-0.25, -0.2) is 8.42 Å². The first-order valence-corrected chi connectivity index (χ1v) is 9.48. The molecule has 1 aromatic rings. The number of hydrogen-bond donors (Lipinski definition) is 1. The fourth-order valence-corrected chi connectivity index (χ4v) is 4.46. The molecule has 1 N–H and O–H groups in total. The lowest BCUT2D eigenvalue weighted by molar-refractivity contribution is -0.120. The molecule has 21 heavy (non-hydrogen) atoms. The summed E-state index contributed by atoms with van der Waals surface area (Å²) in [4.78, 5) is 11.8. The normalized spacial score (nSPS) is 22.4. The van der Waals surface area contributed by atoms with Crippen LogP contribution in [0.4, 0.5) is 0 Å². The minimum atomic E-state index is -2.98. The first kappa shape index (κ1) is 16.3. The van der Waals surface area contributed by atoms with E-state index in [9.17, 15) is 13.2 Å². The van der Waals surface area contributed by atoms with Gasteiger partial charge in [-0.15, -0.1) is 10.2 Å². The van der Waals surface area contributed by atoms with Crippen LogP contribution in [0.15, 0.2) is 9.64 Å². The van der Waals surface area contributed by atoms with Crippen LogP contribution in [0.25, 0.3) is 0 Å². The Balaban J connectivity index is 1.96. The third-order valence-corrected chi connectivity index (χ3v) is 5.78. The van der Waals surface area contributed by atoms with Crippen LogP contribution in [0.3, 0.4) is 0 Å². The van der Waals surface area contributed by atoms with E-state index in [1.54, 1.807) is 6.92 Å². The molecule has 0 saturated carbocycles. The van der Waals surface area contributed by atoms with Crippen molar-refractivity contribution in [2.75, 3.05) is 11.5 Å². The molecule has 118 valence electrons. The third kappa shape index (κ3) is 4.44. The third-order valence-electron chi connectivity index (χ3n) is 3.08. The van der Waals surface area contributed by atoms with Gasteiger partial charge >= 0.3 is 0 Å². The van der Waals surface area contributed by atoms with Gasteiger partial charge in [-0.05, 0) is 27.2 Å². The van der Waals surface area contributed by atoms with E-state index in [1.807, 2.05) is 13.8 Å². The fourth-order valence-electron chi connectivity index (χ4n) is 2.03. The molecule has 0 radical (unpaired) electrons. The van der Waals surface area contributed by atoms with Gasteiger partial charge in [0.1, 0.15) is 0 Å². The number of carbonyl (C=O) groups excluding carboxylic acids is 1. The van der Waals surface area contributed by atoms with Crippen LogP contribution in [-0.2, 0) is 14.6 Å². The van der Waals surface area contributed by atoms with Crippen molar-refractivity contribution in [2.24, 2.45) is 0 Å². The monoisotopic (exact) mass is 333 g/mol. The van der Waals surface area contributed by atoms with E-state index in [0.717, 1.165) is 0 Å². The van der Waals surface area contributed by atoms with Crippen LogP contribution in [0.1, 0.15) is 39.0 Å². The van der Waals surface area contributed by atoms with Crippen LogP contribution in [0.2, 0.25) is 0 Å². The molecule has 0 aliphatic carbocycles. The van der Waals surface area contributed by atoms with Gasteiger partial charge in [0.2, 0.25) is 11.8 Å². The van der Waals surface area contributed by atoms with Gasteiger partial charge in [-0.1, -0.05) is 11.8 Å². The van der Waals surface area contributed by atoms with Crippen molar-refractivity contribution in [2.45, 2.75) is 49.6 Å². The van der Waals surface area contributed by atoms with Gasteiger partial charge in [-0.2, -0.15) is 0 Å². The van der Waals surface area contributed by atoms with Gasteiger partial charge in [0, 0.05) is 6.04 Å². The summed E-state index contributed by atoms with van der Waals surface area (Å²) < 4.78 is 28.4. The standard InChI is InChI=1S/C12H19N3O4S2/c1-7(2)13-10(16)8(3)20-12-15-14-11(19-12)9-4-5-21(17,18)6-9/h7-9H,4-6H2,1-3H3,(H,13,16)/t8-,9-/m0/s1. The highest BCUT2D eigenvalue weighted by atomic mass is 32.2. The number of sulfone groups is 1. The van der Waals surface area contributed by atoms with E-state index in [1.165, 1.54) is 11.8 Å². The summed E-state index contributed by atoms with van der Waals surface area (Å²) in [5.74, 6) is 0.239. The van der Waals surface area contributed by atoms with Crippen molar-refractivity contribution < 1.29 is 17.6 Å². The first-order valence-electron chi connectivity index (χ1n) is 6.77. The van der Waals surface area contributed by atoms with Crippen LogP contribution >= 0.6 is 11.8 Å². The highest BCUT2D eigenvalue weighted by molar-refractivity contribution is 8.00. The highest BCUT2D eigenvalue weighted by Crippen LogP contribution is 2.30. The molecule has 1 aromatic heterocycles. The van der Waals surface area contributed by atoms with Crippen molar-refractivity contribution >= 4 is 27.5 Å².